The molecule has 2 fully saturated rings. The molecule has 190 valence electrons. The summed E-state index contributed by atoms with van der Waals surface area (Å²) in [6, 6.07) is 4.40. The largest absolute Gasteiger partial charge is 0.480 e. The topological polar surface area (TPSA) is 111 Å². The van der Waals surface area contributed by atoms with Crippen LogP contribution >= 0.6 is 11.6 Å². The molecule has 4 heterocycles. The Morgan fingerprint density at radius 1 is 1.08 bits per heavy atom. The van der Waals surface area contributed by atoms with Crippen LogP contribution < -0.4 is 10.2 Å². The van der Waals surface area contributed by atoms with Gasteiger partial charge in [-0.3, -0.25) is 9.69 Å². The molecule has 2 saturated heterocycles. The minimum atomic E-state index is -0.763. The molecule has 1 aromatic carbocycles. The molecule has 5 rings (SSSR count). The van der Waals surface area contributed by atoms with E-state index in [9.17, 15) is 9.18 Å². The summed E-state index contributed by atoms with van der Waals surface area (Å²) in [4.78, 5) is 35.5. The Balaban J connectivity index is 1.20. The maximum Gasteiger partial charge on any atom is 0.317 e. The fourth-order valence-corrected chi connectivity index (χ4v) is 4.98. The van der Waals surface area contributed by atoms with Crippen molar-refractivity contribution in [2.75, 3.05) is 62.6 Å². The maximum absolute atomic E-state index is 13.5. The van der Waals surface area contributed by atoms with Crippen molar-refractivity contribution < 1.29 is 14.3 Å². The Labute approximate surface area is 213 Å². The van der Waals surface area contributed by atoms with Gasteiger partial charge in [0.15, 0.2) is 5.82 Å². The lowest BCUT2D eigenvalue weighted by Gasteiger charge is -2.38. The number of nitrogens with one attached hydrogen (secondary N) is 1. The number of carboxylic acids is 1. The van der Waals surface area contributed by atoms with E-state index in [1.165, 1.54) is 18.5 Å². The zero-order valence-corrected chi connectivity index (χ0v) is 20.5. The molecule has 0 aliphatic carbocycles. The van der Waals surface area contributed by atoms with Crippen LogP contribution in [0.15, 0.2) is 30.7 Å². The molecule has 0 saturated carbocycles. The van der Waals surface area contributed by atoms with Gasteiger partial charge in [-0.25, -0.2) is 24.3 Å². The van der Waals surface area contributed by atoms with Crippen LogP contribution in [0.2, 0.25) is 5.02 Å². The summed E-state index contributed by atoms with van der Waals surface area (Å²) in [5.41, 5.74) is 1.80. The molecule has 0 unspecified atom stereocenters. The first-order chi connectivity index (χ1) is 17.4. The third-order valence-corrected chi connectivity index (χ3v) is 7.07. The number of benzene rings is 1. The van der Waals surface area contributed by atoms with Gasteiger partial charge in [0.2, 0.25) is 5.95 Å². The highest BCUT2D eigenvalue weighted by Gasteiger charge is 2.25. The monoisotopic (exact) mass is 514 g/mol. The number of rotatable bonds is 7. The Kier molecular flexibility index (Phi) is 7.40. The van der Waals surface area contributed by atoms with Crippen molar-refractivity contribution in [3.63, 3.8) is 0 Å². The third kappa shape index (κ3) is 5.80. The lowest BCUT2D eigenvalue weighted by atomic mass is 9.96. The number of hydrogen-bond donors (Lipinski definition) is 2. The Hall–Kier alpha value is -3.15. The van der Waals surface area contributed by atoms with Crippen LogP contribution in [0, 0.1) is 11.7 Å². The first kappa shape index (κ1) is 24.5. The van der Waals surface area contributed by atoms with Gasteiger partial charge in [-0.15, -0.1) is 0 Å². The number of hydrogen-bond acceptors (Lipinski definition) is 9. The van der Waals surface area contributed by atoms with E-state index in [-0.39, 0.29) is 11.6 Å². The molecule has 0 spiro atoms. The van der Waals surface area contributed by atoms with E-state index in [0.717, 1.165) is 58.7 Å². The summed E-state index contributed by atoms with van der Waals surface area (Å²) in [6.07, 6.45) is 5.22. The zero-order chi connectivity index (χ0) is 25.1. The van der Waals surface area contributed by atoms with Crippen molar-refractivity contribution in [3.8, 4) is 0 Å². The normalized spacial score (nSPS) is 18.0. The van der Waals surface area contributed by atoms with Crippen molar-refractivity contribution in [3.05, 3.63) is 41.6 Å². The first-order valence-corrected chi connectivity index (χ1v) is 12.4. The van der Waals surface area contributed by atoms with Crippen molar-refractivity contribution >= 4 is 46.1 Å². The second-order valence-electron chi connectivity index (χ2n) is 9.28. The number of halogens is 2. The molecular formula is C24H28ClFN8O2. The smallest absolute Gasteiger partial charge is 0.317 e. The van der Waals surface area contributed by atoms with Crippen LogP contribution in [0.25, 0.3) is 11.0 Å². The van der Waals surface area contributed by atoms with Crippen molar-refractivity contribution in [2.45, 2.75) is 12.8 Å². The van der Waals surface area contributed by atoms with Crippen molar-refractivity contribution in [2.24, 2.45) is 5.92 Å². The lowest BCUT2D eigenvalue weighted by Crippen LogP contribution is -2.50. The molecule has 0 atom stereocenters. The van der Waals surface area contributed by atoms with E-state index in [1.807, 2.05) is 4.90 Å². The average molecular weight is 515 g/mol. The van der Waals surface area contributed by atoms with Gasteiger partial charge in [0.05, 0.1) is 17.8 Å². The van der Waals surface area contributed by atoms with E-state index >= 15 is 0 Å². The van der Waals surface area contributed by atoms with Gasteiger partial charge in [0.25, 0.3) is 0 Å². The molecular weight excluding hydrogens is 487 g/mol. The number of piperidine rings is 1. The van der Waals surface area contributed by atoms with Crippen LogP contribution in [0.3, 0.4) is 0 Å². The summed E-state index contributed by atoms with van der Waals surface area (Å²) < 4.78 is 13.5. The maximum atomic E-state index is 13.5. The third-order valence-electron chi connectivity index (χ3n) is 6.78. The second-order valence-corrected chi connectivity index (χ2v) is 9.69. The zero-order valence-electron chi connectivity index (χ0n) is 19.8. The quantitative estimate of drug-likeness (QED) is 0.488. The number of fused-ring (bicyclic) bond motifs is 1. The van der Waals surface area contributed by atoms with Crippen molar-refractivity contribution in [1.82, 2.24) is 29.7 Å². The molecule has 10 nitrogen and oxygen atoms in total. The van der Waals surface area contributed by atoms with E-state index in [2.05, 4.69) is 30.1 Å². The number of carbonyl (C=O) groups is 1. The minimum Gasteiger partial charge on any atom is -0.480 e. The van der Waals surface area contributed by atoms with Gasteiger partial charge < -0.3 is 20.2 Å². The lowest BCUT2D eigenvalue weighted by molar-refractivity contribution is -0.138. The molecule has 2 aliphatic heterocycles. The van der Waals surface area contributed by atoms with Crippen LogP contribution in [-0.4, -0.2) is 93.2 Å². The van der Waals surface area contributed by atoms with E-state index in [0.29, 0.717) is 34.4 Å². The predicted molar refractivity (Wildman–Crippen MR) is 135 cm³/mol. The number of piperazine rings is 1. The molecule has 0 amide bonds. The van der Waals surface area contributed by atoms with Gasteiger partial charge in [-0.05, 0) is 37.0 Å². The predicted octanol–water partition coefficient (Wildman–Crippen LogP) is 2.87. The molecule has 36 heavy (non-hydrogen) atoms. The highest BCUT2D eigenvalue weighted by molar-refractivity contribution is 6.31. The Bertz CT molecular complexity index is 1230. The Morgan fingerprint density at radius 3 is 2.56 bits per heavy atom. The number of carboxylic acid groups (broad SMARTS) is 1. The van der Waals surface area contributed by atoms with Gasteiger partial charge >= 0.3 is 5.97 Å². The number of anilines is 3. The molecule has 2 aromatic heterocycles. The van der Waals surface area contributed by atoms with Gasteiger partial charge in [0, 0.05) is 51.5 Å². The van der Waals surface area contributed by atoms with Gasteiger partial charge in [-0.2, -0.15) is 0 Å². The summed E-state index contributed by atoms with van der Waals surface area (Å²) in [7, 11) is 0. The summed E-state index contributed by atoms with van der Waals surface area (Å²) in [5, 5.41) is 12.2. The molecule has 0 bridgehead atoms. The average Bonchev–Trinajstić information content (AvgIpc) is 2.88. The molecule has 0 radical (unpaired) electrons. The fourth-order valence-electron chi connectivity index (χ4n) is 4.80. The number of aromatic nitrogens is 4. The van der Waals surface area contributed by atoms with E-state index in [1.54, 1.807) is 12.3 Å². The van der Waals surface area contributed by atoms with Gasteiger partial charge in [-0.1, -0.05) is 11.6 Å². The van der Waals surface area contributed by atoms with E-state index in [4.69, 9.17) is 21.7 Å². The second kappa shape index (κ2) is 10.9. The summed E-state index contributed by atoms with van der Waals surface area (Å²) in [6.45, 7) is 6.32. The number of aliphatic carboxylic acids is 1. The van der Waals surface area contributed by atoms with Crippen LogP contribution in [-0.2, 0) is 4.79 Å². The van der Waals surface area contributed by atoms with Crippen LogP contribution in [0.1, 0.15) is 12.8 Å². The summed E-state index contributed by atoms with van der Waals surface area (Å²) in [5.74, 6) is 0.488. The highest BCUT2D eigenvalue weighted by Crippen LogP contribution is 2.27. The standard InChI is InChI=1S/C24H28ClFN8O2/c25-18-11-17(1-2-19(18)26)30-23-22-20(28-15-29-23)12-27-24(31-22)34-5-3-16(4-6-34)13-32-7-9-33(10-8-32)14-21(35)36/h1-2,11-12,15-16H,3-10,13-14H2,(H,35,36)(H,28,29,30). The van der Waals surface area contributed by atoms with E-state index < -0.39 is 11.8 Å². The fraction of sp³-hybridized carbons (Fsp3) is 0.458. The van der Waals surface area contributed by atoms with Crippen LogP contribution in [0.4, 0.5) is 21.8 Å². The van der Waals surface area contributed by atoms with Crippen LogP contribution in [0.5, 0.6) is 0 Å². The molecule has 12 heteroatoms. The first-order valence-electron chi connectivity index (χ1n) is 12.1. The molecule has 2 N–H and O–H groups in total. The van der Waals surface area contributed by atoms with Gasteiger partial charge in [0.1, 0.15) is 23.2 Å². The number of nitrogens with zero attached hydrogens (tertiary/aromatic N) is 7. The Morgan fingerprint density at radius 2 is 1.83 bits per heavy atom. The minimum absolute atomic E-state index is 0.0266. The molecule has 3 aromatic rings. The molecule has 2 aliphatic rings. The highest BCUT2D eigenvalue weighted by atomic mass is 35.5. The SMILES string of the molecule is O=C(O)CN1CCN(CC2CCN(c3ncc4ncnc(Nc5ccc(F)c(Cl)c5)c4n3)CC2)CC1. The van der Waals surface area contributed by atoms with Crippen molar-refractivity contribution in [1.29, 1.82) is 0 Å². The summed E-state index contributed by atoms with van der Waals surface area (Å²) >= 11 is 5.92.